The van der Waals surface area contributed by atoms with E-state index in [1.807, 2.05) is 55.5 Å². The molecule has 0 saturated heterocycles. The Labute approximate surface area is 208 Å². The zero-order valence-corrected chi connectivity index (χ0v) is 20.7. The molecule has 0 aliphatic carbocycles. The molecule has 0 unspecified atom stereocenters. The minimum Gasteiger partial charge on any atom is -0.493 e. The van der Waals surface area contributed by atoms with E-state index in [1.54, 1.807) is 37.0 Å². The summed E-state index contributed by atoms with van der Waals surface area (Å²) in [5.41, 5.74) is 3.49. The highest BCUT2D eigenvalue weighted by atomic mass is 32.2. The minimum atomic E-state index is -0.159. The number of ether oxygens (including phenoxy) is 2. The number of nitrogens with zero attached hydrogens (tertiary/aromatic N) is 2. The second-order valence-corrected chi connectivity index (χ2v) is 8.93. The van der Waals surface area contributed by atoms with Gasteiger partial charge in [0.25, 0.3) is 5.56 Å². The zero-order chi connectivity index (χ0) is 24.8. The predicted octanol–water partition coefficient (Wildman–Crippen LogP) is 4.18. The summed E-state index contributed by atoms with van der Waals surface area (Å²) in [5.74, 6) is 1.21. The SMILES string of the molecule is COc1ccc(Cn2c(SCC(=O)NCc3ccccc3C)nc3ccccc3c2=O)cc1OC. The van der Waals surface area contributed by atoms with Gasteiger partial charge in [-0.1, -0.05) is 54.2 Å². The number of aryl methyl sites for hydroxylation is 1. The predicted molar refractivity (Wildman–Crippen MR) is 138 cm³/mol. The first kappa shape index (κ1) is 24.3. The van der Waals surface area contributed by atoms with Gasteiger partial charge >= 0.3 is 0 Å². The fourth-order valence-corrected chi connectivity index (χ4v) is 4.57. The number of aromatic nitrogens is 2. The summed E-state index contributed by atoms with van der Waals surface area (Å²) in [6, 6.07) is 20.7. The van der Waals surface area contributed by atoms with E-state index in [-0.39, 0.29) is 23.8 Å². The molecule has 0 aliphatic rings. The third-order valence-corrected chi connectivity index (χ3v) is 6.66. The van der Waals surface area contributed by atoms with Crippen LogP contribution in [0.1, 0.15) is 16.7 Å². The lowest BCUT2D eigenvalue weighted by Gasteiger charge is -2.15. The number of benzene rings is 3. The van der Waals surface area contributed by atoms with Crippen molar-refractivity contribution in [3.8, 4) is 11.5 Å². The Balaban J connectivity index is 1.58. The summed E-state index contributed by atoms with van der Waals surface area (Å²) in [5, 5.41) is 3.96. The number of methoxy groups -OCH3 is 2. The van der Waals surface area contributed by atoms with Gasteiger partial charge in [-0.3, -0.25) is 14.2 Å². The lowest BCUT2D eigenvalue weighted by Crippen LogP contribution is -2.27. The smallest absolute Gasteiger partial charge is 0.262 e. The van der Waals surface area contributed by atoms with Crippen molar-refractivity contribution < 1.29 is 14.3 Å². The van der Waals surface area contributed by atoms with Crippen LogP contribution in [-0.2, 0) is 17.9 Å². The van der Waals surface area contributed by atoms with E-state index >= 15 is 0 Å². The normalized spacial score (nSPS) is 10.8. The van der Waals surface area contributed by atoms with Gasteiger partial charge in [-0.2, -0.15) is 0 Å². The zero-order valence-electron chi connectivity index (χ0n) is 19.9. The molecular weight excluding hydrogens is 462 g/mol. The summed E-state index contributed by atoms with van der Waals surface area (Å²) in [7, 11) is 3.15. The Morgan fingerprint density at radius 1 is 1.00 bits per heavy atom. The number of carbonyl (C=O) groups excluding carboxylic acids is 1. The third-order valence-electron chi connectivity index (χ3n) is 5.68. The average molecular weight is 490 g/mol. The third kappa shape index (κ3) is 5.66. The molecule has 3 aromatic carbocycles. The maximum absolute atomic E-state index is 13.4. The summed E-state index contributed by atoms with van der Waals surface area (Å²) >= 11 is 1.24. The molecule has 0 fully saturated rings. The number of para-hydroxylation sites is 1. The summed E-state index contributed by atoms with van der Waals surface area (Å²) in [6.45, 7) is 2.75. The molecule has 0 atom stereocenters. The molecule has 0 spiro atoms. The van der Waals surface area contributed by atoms with Gasteiger partial charge in [-0.25, -0.2) is 4.98 Å². The Hall–Kier alpha value is -3.78. The number of amides is 1. The van der Waals surface area contributed by atoms with Crippen molar-refractivity contribution in [2.24, 2.45) is 0 Å². The van der Waals surface area contributed by atoms with Crippen molar-refractivity contribution in [1.82, 2.24) is 14.9 Å². The number of rotatable bonds is 9. The van der Waals surface area contributed by atoms with Crippen molar-refractivity contribution in [3.05, 3.63) is 93.8 Å². The quantitative estimate of drug-likeness (QED) is 0.281. The number of nitrogens with one attached hydrogen (secondary N) is 1. The van der Waals surface area contributed by atoms with Gasteiger partial charge in [0.2, 0.25) is 5.91 Å². The van der Waals surface area contributed by atoms with Crippen molar-refractivity contribution in [2.75, 3.05) is 20.0 Å². The summed E-state index contributed by atoms with van der Waals surface area (Å²) in [4.78, 5) is 30.7. The van der Waals surface area contributed by atoms with E-state index in [9.17, 15) is 9.59 Å². The van der Waals surface area contributed by atoms with Gasteiger partial charge in [0, 0.05) is 6.54 Å². The van der Waals surface area contributed by atoms with Gasteiger partial charge in [-0.05, 0) is 47.9 Å². The molecule has 0 radical (unpaired) electrons. The van der Waals surface area contributed by atoms with Crippen LogP contribution < -0.4 is 20.3 Å². The molecule has 0 aliphatic heterocycles. The largest absolute Gasteiger partial charge is 0.493 e. The molecule has 1 N–H and O–H groups in total. The Morgan fingerprint density at radius 3 is 2.51 bits per heavy atom. The molecule has 180 valence electrons. The van der Waals surface area contributed by atoms with Gasteiger partial charge < -0.3 is 14.8 Å². The van der Waals surface area contributed by atoms with E-state index in [1.165, 1.54) is 11.8 Å². The van der Waals surface area contributed by atoms with Crippen molar-refractivity contribution in [3.63, 3.8) is 0 Å². The van der Waals surface area contributed by atoms with E-state index < -0.39 is 0 Å². The van der Waals surface area contributed by atoms with Crippen LogP contribution in [0.2, 0.25) is 0 Å². The highest BCUT2D eigenvalue weighted by molar-refractivity contribution is 7.99. The lowest BCUT2D eigenvalue weighted by atomic mass is 10.1. The van der Waals surface area contributed by atoms with Crippen LogP contribution in [0.25, 0.3) is 10.9 Å². The standard InChI is InChI=1S/C27H27N3O4S/c1-18-8-4-5-9-20(18)15-28-25(31)17-35-27-29-22-11-7-6-10-21(22)26(32)30(27)16-19-12-13-23(33-2)24(14-19)34-3/h4-14H,15-17H2,1-3H3,(H,28,31). The number of hydrogen-bond acceptors (Lipinski definition) is 6. The van der Waals surface area contributed by atoms with E-state index in [4.69, 9.17) is 14.5 Å². The highest BCUT2D eigenvalue weighted by Gasteiger charge is 2.15. The second-order valence-electron chi connectivity index (χ2n) is 7.98. The van der Waals surface area contributed by atoms with Crippen LogP contribution in [0.3, 0.4) is 0 Å². The van der Waals surface area contributed by atoms with Crippen molar-refractivity contribution in [1.29, 1.82) is 0 Å². The fourth-order valence-electron chi connectivity index (χ4n) is 3.74. The van der Waals surface area contributed by atoms with Crippen LogP contribution in [0, 0.1) is 6.92 Å². The molecule has 1 aromatic heterocycles. The van der Waals surface area contributed by atoms with Crippen molar-refractivity contribution >= 4 is 28.6 Å². The molecule has 7 nitrogen and oxygen atoms in total. The number of fused-ring (bicyclic) bond motifs is 1. The highest BCUT2D eigenvalue weighted by Crippen LogP contribution is 2.28. The first-order valence-electron chi connectivity index (χ1n) is 11.1. The van der Waals surface area contributed by atoms with Crippen LogP contribution in [-0.4, -0.2) is 35.4 Å². The molecule has 1 amide bonds. The van der Waals surface area contributed by atoms with Crippen LogP contribution in [0.15, 0.2) is 76.7 Å². The monoisotopic (exact) mass is 489 g/mol. The molecule has 0 bridgehead atoms. The Kier molecular flexibility index (Phi) is 7.72. The second kappa shape index (κ2) is 11.1. The fraction of sp³-hybridized carbons (Fsp3) is 0.222. The molecule has 1 heterocycles. The van der Waals surface area contributed by atoms with Crippen molar-refractivity contribution in [2.45, 2.75) is 25.2 Å². The summed E-state index contributed by atoms with van der Waals surface area (Å²) < 4.78 is 12.3. The van der Waals surface area contributed by atoms with E-state index in [0.29, 0.717) is 34.1 Å². The molecule has 8 heteroatoms. The van der Waals surface area contributed by atoms with Gasteiger partial charge in [0.05, 0.1) is 37.4 Å². The Bertz CT molecular complexity index is 1420. The van der Waals surface area contributed by atoms with Gasteiger partial charge in [0.1, 0.15) is 0 Å². The van der Waals surface area contributed by atoms with E-state index in [2.05, 4.69) is 5.32 Å². The van der Waals surface area contributed by atoms with Crippen LogP contribution >= 0.6 is 11.8 Å². The molecule has 4 rings (SSSR count). The van der Waals surface area contributed by atoms with E-state index in [0.717, 1.165) is 16.7 Å². The topological polar surface area (TPSA) is 82.5 Å². The van der Waals surface area contributed by atoms with Crippen LogP contribution in [0.4, 0.5) is 0 Å². The number of thioether (sulfide) groups is 1. The number of hydrogen-bond donors (Lipinski definition) is 1. The Morgan fingerprint density at radius 2 is 1.74 bits per heavy atom. The van der Waals surface area contributed by atoms with Gasteiger partial charge in [-0.15, -0.1) is 0 Å². The molecule has 4 aromatic rings. The maximum atomic E-state index is 13.4. The van der Waals surface area contributed by atoms with Gasteiger partial charge in [0.15, 0.2) is 16.7 Å². The average Bonchev–Trinajstić information content (AvgIpc) is 2.88. The lowest BCUT2D eigenvalue weighted by molar-refractivity contribution is -0.118. The first-order chi connectivity index (χ1) is 17.0. The molecular formula is C27H27N3O4S. The van der Waals surface area contributed by atoms with Crippen LogP contribution in [0.5, 0.6) is 11.5 Å². The number of carbonyl (C=O) groups is 1. The minimum absolute atomic E-state index is 0.127. The molecule has 35 heavy (non-hydrogen) atoms. The molecule has 0 saturated carbocycles. The summed E-state index contributed by atoms with van der Waals surface area (Å²) in [6.07, 6.45) is 0. The first-order valence-corrected chi connectivity index (χ1v) is 12.1. The maximum Gasteiger partial charge on any atom is 0.262 e.